The lowest BCUT2D eigenvalue weighted by molar-refractivity contribution is 0.370. The molecule has 0 spiro atoms. The van der Waals surface area contributed by atoms with E-state index in [-0.39, 0.29) is 0 Å². The van der Waals surface area contributed by atoms with Gasteiger partial charge >= 0.3 is 0 Å². The first-order chi connectivity index (χ1) is 12.2. The number of hydrogen-bond donors (Lipinski definition) is 1. The van der Waals surface area contributed by atoms with Gasteiger partial charge in [0.2, 0.25) is 5.89 Å². The van der Waals surface area contributed by atoms with E-state index in [9.17, 15) is 0 Å². The quantitative estimate of drug-likeness (QED) is 0.677. The molecule has 3 rings (SSSR count). The Morgan fingerprint density at radius 3 is 2.64 bits per heavy atom. The summed E-state index contributed by atoms with van der Waals surface area (Å²) in [5, 5.41) is 3.37. The van der Waals surface area contributed by atoms with Crippen LogP contribution in [0.15, 0.2) is 33.8 Å². The number of piperazine rings is 1. The van der Waals surface area contributed by atoms with Gasteiger partial charge in [0.15, 0.2) is 5.96 Å². The fourth-order valence-corrected chi connectivity index (χ4v) is 2.86. The summed E-state index contributed by atoms with van der Waals surface area (Å²) < 4.78 is 5.62. The number of aliphatic imine (C=N–C) groups is 1. The van der Waals surface area contributed by atoms with Crippen LogP contribution in [0.5, 0.6) is 0 Å². The van der Waals surface area contributed by atoms with E-state index in [4.69, 9.17) is 9.41 Å². The van der Waals surface area contributed by atoms with Crippen LogP contribution in [0, 0.1) is 13.8 Å². The lowest BCUT2D eigenvalue weighted by Crippen LogP contribution is -2.52. The van der Waals surface area contributed by atoms with Crippen molar-refractivity contribution in [3.05, 3.63) is 41.7 Å². The summed E-state index contributed by atoms with van der Waals surface area (Å²) in [5.41, 5.74) is 0.930. The van der Waals surface area contributed by atoms with Crippen LogP contribution in [0.1, 0.15) is 24.3 Å². The highest BCUT2D eigenvalue weighted by Gasteiger charge is 2.20. The van der Waals surface area contributed by atoms with Gasteiger partial charge in [0.1, 0.15) is 18.1 Å². The molecule has 1 aliphatic rings. The number of rotatable bonds is 4. The van der Waals surface area contributed by atoms with Gasteiger partial charge in [-0.3, -0.25) is 0 Å². The van der Waals surface area contributed by atoms with Gasteiger partial charge in [-0.25, -0.2) is 15.0 Å². The van der Waals surface area contributed by atoms with Crippen LogP contribution in [0.2, 0.25) is 0 Å². The van der Waals surface area contributed by atoms with E-state index < -0.39 is 0 Å². The van der Waals surface area contributed by atoms with Crippen LogP contribution in [0.4, 0.5) is 5.82 Å². The molecule has 0 radical (unpaired) electrons. The molecule has 134 valence electrons. The SMILES string of the molecule is CCNC(=NCc1nc(C)c(C)o1)N1CCN(c2ccccn2)CC1. The van der Waals surface area contributed by atoms with Gasteiger partial charge in [-0.1, -0.05) is 6.07 Å². The minimum Gasteiger partial charge on any atom is -0.444 e. The second-order valence-corrected chi connectivity index (χ2v) is 6.08. The number of nitrogens with one attached hydrogen (secondary N) is 1. The number of pyridine rings is 1. The smallest absolute Gasteiger partial charge is 0.216 e. The topological polar surface area (TPSA) is 69.8 Å². The Labute approximate surface area is 148 Å². The molecule has 0 amide bonds. The Morgan fingerprint density at radius 1 is 1.24 bits per heavy atom. The Kier molecular flexibility index (Phi) is 5.53. The van der Waals surface area contributed by atoms with Crippen molar-refractivity contribution in [2.45, 2.75) is 27.3 Å². The molecule has 0 unspecified atom stereocenters. The normalized spacial score (nSPS) is 15.6. The van der Waals surface area contributed by atoms with Crippen molar-refractivity contribution < 1.29 is 4.42 Å². The molecular weight excluding hydrogens is 316 g/mol. The number of hydrogen-bond acceptors (Lipinski definition) is 5. The first-order valence-electron chi connectivity index (χ1n) is 8.79. The monoisotopic (exact) mass is 342 g/mol. The molecule has 1 aliphatic heterocycles. The Balaban J connectivity index is 1.62. The summed E-state index contributed by atoms with van der Waals surface area (Å²) in [6.45, 7) is 10.9. The number of aromatic nitrogens is 2. The maximum Gasteiger partial charge on any atom is 0.216 e. The van der Waals surface area contributed by atoms with Crippen molar-refractivity contribution in [3.8, 4) is 0 Å². The Morgan fingerprint density at radius 2 is 2.04 bits per heavy atom. The van der Waals surface area contributed by atoms with E-state index in [0.717, 1.165) is 56.0 Å². The van der Waals surface area contributed by atoms with E-state index >= 15 is 0 Å². The predicted molar refractivity (Wildman–Crippen MR) is 98.8 cm³/mol. The van der Waals surface area contributed by atoms with Gasteiger partial charge in [0.25, 0.3) is 0 Å². The molecule has 7 nitrogen and oxygen atoms in total. The number of nitrogens with zero attached hydrogens (tertiary/aromatic N) is 5. The summed E-state index contributed by atoms with van der Waals surface area (Å²) in [4.78, 5) is 18.1. The van der Waals surface area contributed by atoms with Crippen molar-refractivity contribution in [1.29, 1.82) is 0 Å². The molecule has 1 saturated heterocycles. The lowest BCUT2D eigenvalue weighted by atomic mass is 10.3. The first kappa shape index (κ1) is 17.3. The molecular formula is C18H26N6O. The van der Waals surface area contributed by atoms with Crippen LogP contribution in [0.3, 0.4) is 0 Å². The molecule has 0 aromatic carbocycles. The fourth-order valence-electron chi connectivity index (χ4n) is 2.86. The molecule has 1 N–H and O–H groups in total. The highest BCUT2D eigenvalue weighted by molar-refractivity contribution is 5.80. The van der Waals surface area contributed by atoms with E-state index in [1.54, 1.807) is 0 Å². The maximum absolute atomic E-state index is 5.62. The molecule has 1 fully saturated rings. The van der Waals surface area contributed by atoms with Gasteiger partial charge in [-0.2, -0.15) is 0 Å². The molecule has 0 saturated carbocycles. The number of aryl methyl sites for hydroxylation is 2. The second kappa shape index (κ2) is 8.00. The molecule has 2 aromatic heterocycles. The van der Waals surface area contributed by atoms with E-state index in [1.165, 1.54) is 0 Å². The van der Waals surface area contributed by atoms with Crippen LogP contribution in [0.25, 0.3) is 0 Å². The molecule has 3 heterocycles. The summed E-state index contributed by atoms with van der Waals surface area (Å²) in [7, 11) is 0. The van der Waals surface area contributed by atoms with Gasteiger partial charge < -0.3 is 19.5 Å². The van der Waals surface area contributed by atoms with E-state index in [2.05, 4.69) is 38.1 Å². The van der Waals surface area contributed by atoms with E-state index in [1.807, 2.05) is 32.2 Å². The highest BCUT2D eigenvalue weighted by atomic mass is 16.4. The summed E-state index contributed by atoms with van der Waals surface area (Å²) >= 11 is 0. The van der Waals surface area contributed by atoms with Crippen molar-refractivity contribution >= 4 is 11.8 Å². The molecule has 25 heavy (non-hydrogen) atoms. The molecule has 0 atom stereocenters. The van der Waals surface area contributed by atoms with Crippen LogP contribution in [-0.2, 0) is 6.54 Å². The number of oxazole rings is 1. The van der Waals surface area contributed by atoms with E-state index in [0.29, 0.717) is 12.4 Å². The summed E-state index contributed by atoms with van der Waals surface area (Å²) in [6.07, 6.45) is 1.84. The van der Waals surface area contributed by atoms with Crippen LogP contribution >= 0.6 is 0 Å². The summed E-state index contributed by atoms with van der Waals surface area (Å²) in [5.74, 6) is 3.48. The fraction of sp³-hybridized carbons (Fsp3) is 0.500. The van der Waals surface area contributed by atoms with Gasteiger partial charge in [-0.05, 0) is 32.9 Å². The average Bonchev–Trinajstić information content (AvgIpc) is 2.97. The zero-order valence-electron chi connectivity index (χ0n) is 15.2. The Bertz CT molecular complexity index is 684. The molecule has 7 heteroatoms. The van der Waals surface area contributed by atoms with Crippen molar-refractivity contribution in [2.24, 2.45) is 4.99 Å². The molecule has 0 aliphatic carbocycles. The van der Waals surface area contributed by atoms with Crippen molar-refractivity contribution in [2.75, 3.05) is 37.6 Å². The zero-order chi connectivity index (χ0) is 17.6. The zero-order valence-corrected chi connectivity index (χ0v) is 15.2. The average molecular weight is 342 g/mol. The van der Waals surface area contributed by atoms with Crippen LogP contribution in [-0.4, -0.2) is 53.6 Å². The minimum absolute atomic E-state index is 0.456. The third kappa shape index (κ3) is 4.29. The van der Waals surface area contributed by atoms with Crippen molar-refractivity contribution in [1.82, 2.24) is 20.2 Å². The third-order valence-corrected chi connectivity index (χ3v) is 4.32. The predicted octanol–water partition coefficient (Wildman–Crippen LogP) is 1.97. The number of anilines is 1. The number of guanidine groups is 1. The first-order valence-corrected chi connectivity index (χ1v) is 8.79. The largest absolute Gasteiger partial charge is 0.444 e. The van der Waals surface area contributed by atoms with Crippen molar-refractivity contribution in [3.63, 3.8) is 0 Å². The van der Waals surface area contributed by atoms with Crippen LogP contribution < -0.4 is 10.2 Å². The minimum atomic E-state index is 0.456. The van der Waals surface area contributed by atoms with Gasteiger partial charge in [-0.15, -0.1) is 0 Å². The third-order valence-electron chi connectivity index (χ3n) is 4.32. The Hall–Kier alpha value is -2.57. The highest BCUT2D eigenvalue weighted by Crippen LogP contribution is 2.13. The molecule has 0 bridgehead atoms. The van der Waals surface area contributed by atoms with Gasteiger partial charge in [0, 0.05) is 38.9 Å². The maximum atomic E-state index is 5.62. The summed E-state index contributed by atoms with van der Waals surface area (Å²) in [6, 6.07) is 6.03. The standard InChI is InChI=1S/C18H26N6O/c1-4-19-18(21-13-17-22-14(2)15(3)25-17)24-11-9-23(10-12-24)16-7-5-6-8-20-16/h5-8H,4,9-13H2,1-3H3,(H,19,21). The lowest BCUT2D eigenvalue weighted by Gasteiger charge is -2.37. The second-order valence-electron chi connectivity index (χ2n) is 6.08. The van der Waals surface area contributed by atoms with Gasteiger partial charge in [0.05, 0.1) is 5.69 Å². The molecule has 2 aromatic rings.